The molecule has 2 rings (SSSR count). The van der Waals surface area contributed by atoms with Gasteiger partial charge in [-0.3, -0.25) is 4.90 Å². The number of carbonyl (C=O) groups excluding carboxylic acids is 2. The molecule has 5 nitrogen and oxygen atoms in total. The van der Waals surface area contributed by atoms with Crippen LogP contribution in [0.15, 0.2) is 30.3 Å². The van der Waals surface area contributed by atoms with E-state index in [9.17, 15) is 14.0 Å². The van der Waals surface area contributed by atoms with Crippen LogP contribution in [0.5, 0.6) is 0 Å². The van der Waals surface area contributed by atoms with Crippen LogP contribution in [0.4, 0.5) is 9.18 Å². The zero-order chi connectivity index (χ0) is 14.5. The molecule has 1 aromatic rings. The highest BCUT2D eigenvalue weighted by Gasteiger charge is 2.41. The van der Waals surface area contributed by atoms with E-state index in [4.69, 9.17) is 4.74 Å². The van der Waals surface area contributed by atoms with Gasteiger partial charge < -0.3 is 9.47 Å². The van der Waals surface area contributed by atoms with Gasteiger partial charge in [0.2, 0.25) is 0 Å². The van der Waals surface area contributed by atoms with Gasteiger partial charge in [0, 0.05) is 6.42 Å². The Morgan fingerprint density at radius 1 is 1.35 bits per heavy atom. The highest BCUT2D eigenvalue weighted by atomic mass is 19.1. The van der Waals surface area contributed by atoms with E-state index < -0.39 is 24.3 Å². The molecule has 1 aliphatic rings. The monoisotopic (exact) mass is 281 g/mol. The Balaban J connectivity index is 1.95. The van der Waals surface area contributed by atoms with Gasteiger partial charge in [-0.05, 0) is 5.56 Å². The lowest BCUT2D eigenvalue weighted by Gasteiger charge is -2.21. The first-order chi connectivity index (χ1) is 9.61. The molecule has 20 heavy (non-hydrogen) atoms. The second-order valence-electron chi connectivity index (χ2n) is 4.56. The average Bonchev–Trinajstić information content (AvgIpc) is 2.87. The highest BCUT2D eigenvalue weighted by Crippen LogP contribution is 2.22. The number of likely N-dealkylation sites (tertiary alicyclic amines) is 1. The van der Waals surface area contributed by atoms with E-state index in [2.05, 4.69) is 4.74 Å². The Bertz CT molecular complexity index is 479. The van der Waals surface area contributed by atoms with E-state index in [0.29, 0.717) is 0 Å². The largest absolute Gasteiger partial charge is 0.467 e. The first-order valence-corrected chi connectivity index (χ1v) is 6.31. The molecule has 0 spiro atoms. The molecule has 0 radical (unpaired) electrons. The summed E-state index contributed by atoms with van der Waals surface area (Å²) < 4.78 is 23.1. The highest BCUT2D eigenvalue weighted by molar-refractivity contribution is 5.82. The fraction of sp³-hybridized carbons (Fsp3) is 0.429. The van der Waals surface area contributed by atoms with Crippen LogP contribution in [0.3, 0.4) is 0 Å². The van der Waals surface area contributed by atoms with Crippen LogP contribution in [0.25, 0.3) is 0 Å². The van der Waals surface area contributed by atoms with E-state index in [1.807, 2.05) is 30.3 Å². The lowest BCUT2D eigenvalue weighted by atomic mass is 10.2. The van der Waals surface area contributed by atoms with Gasteiger partial charge in [0.15, 0.2) is 0 Å². The summed E-state index contributed by atoms with van der Waals surface area (Å²) in [6, 6.07) is 8.23. The minimum atomic E-state index is -1.23. The maximum absolute atomic E-state index is 13.4. The van der Waals surface area contributed by atoms with E-state index in [0.717, 1.165) is 10.5 Å². The number of ether oxygens (including phenoxy) is 2. The number of rotatable bonds is 3. The number of hydrogen-bond acceptors (Lipinski definition) is 4. The van der Waals surface area contributed by atoms with Gasteiger partial charge in [0.25, 0.3) is 0 Å². The predicted octanol–water partition coefficient (Wildman–Crippen LogP) is 1.91. The number of benzene rings is 1. The summed E-state index contributed by atoms with van der Waals surface area (Å²) in [4.78, 5) is 24.5. The number of nitrogens with zero attached hydrogens (tertiary/aromatic N) is 1. The molecule has 0 unspecified atom stereocenters. The van der Waals surface area contributed by atoms with Crippen LogP contribution in [-0.4, -0.2) is 42.8 Å². The summed E-state index contributed by atoms with van der Waals surface area (Å²) in [6.45, 7) is -0.0611. The number of esters is 1. The Kier molecular flexibility index (Phi) is 4.55. The van der Waals surface area contributed by atoms with Crippen LogP contribution < -0.4 is 0 Å². The quantitative estimate of drug-likeness (QED) is 0.794. The second-order valence-corrected chi connectivity index (χ2v) is 4.56. The van der Waals surface area contributed by atoms with E-state index in [1.54, 1.807) is 0 Å². The molecule has 108 valence electrons. The molecule has 2 atom stereocenters. The predicted molar refractivity (Wildman–Crippen MR) is 68.7 cm³/mol. The molecule has 0 bridgehead atoms. The number of hydrogen-bond donors (Lipinski definition) is 0. The minimum absolute atomic E-state index is 0.0485. The van der Waals surface area contributed by atoms with Gasteiger partial charge in [-0.25, -0.2) is 14.0 Å². The molecule has 6 heteroatoms. The van der Waals surface area contributed by atoms with Gasteiger partial charge in [-0.2, -0.15) is 0 Å². The van der Waals surface area contributed by atoms with Crippen molar-refractivity contribution in [2.45, 2.75) is 25.2 Å². The van der Waals surface area contributed by atoms with Crippen molar-refractivity contribution >= 4 is 12.1 Å². The van der Waals surface area contributed by atoms with Crippen molar-refractivity contribution in [3.63, 3.8) is 0 Å². The lowest BCUT2D eigenvalue weighted by molar-refractivity contribution is -0.145. The molecule has 1 aromatic carbocycles. The summed E-state index contributed by atoms with van der Waals surface area (Å²) >= 11 is 0. The fourth-order valence-corrected chi connectivity index (χ4v) is 2.15. The SMILES string of the molecule is COC(=O)[C@@H]1C[C@@H](F)CN1C(=O)OCc1ccccc1. The summed E-state index contributed by atoms with van der Waals surface area (Å²) in [5, 5.41) is 0. The molecule has 0 N–H and O–H groups in total. The van der Waals surface area contributed by atoms with Gasteiger partial charge in [0.05, 0.1) is 13.7 Å². The summed E-state index contributed by atoms with van der Waals surface area (Å²) in [5.41, 5.74) is 0.825. The van der Waals surface area contributed by atoms with Crippen molar-refractivity contribution in [2.24, 2.45) is 0 Å². The maximum Gasteiger partial charge on any atom is 0.410 e. The molecule has 0 aromatic heterocycles. The fourth-order valence-electron chi connectivity index (χ4n) is 2.15. The molecule has 1 heterocycles. The van der Waals surface area contributed by atoms with Crippen molar-refractivity contribution in [3.8, 4) is 0 Å². The molecule has 0 aliphatic carbocycles. The van der Waals surface area contributed by atoms with Crippen molar-refractivity contribution in [2.75, 3.05) is 13.7 Å². The molecule has 1 saturated heterocycles. The summed E-state index contributed by atoms with van der Waals surface area (Å²) in [7, 11) is 1.21. The first-order valence-electron chi connectivity index (χ1n) is 6.31. The van der Waals surface area contributed by atoms with Crippen molar-refractivity contribution in [1.29, 1.82) is 0 Å². The summed E-state index contributed by atoms with van der Waals surface area (Å²) in [6.07, 6.45) is -1.99. The molecular formula is C14H16FNO4. The number of carbonyl (C=O) groups is 2. The van der Waals surface area contributed by atoms with Crippen LogP contribution in [0.1, 0.15) is 12.0 Å². The normalized spacial score (nSPS) is 21.6. The third-order valence-corrected chi connectivity index (χ3v) is 3.16. The third kappa shape index (κ3) is 3.26. The summed E-state index contributed by atoms with van der Waals surface area (Å²) in [5.74, 6) is -0.623. The zero-order valence-electron chi connectivity index (χ0n) is 11.1. The Hall–Kier alpha value is -2.11. The molecule has 1 aliphatic heterocycles. The zero-order valence-corrected chi connectivity index (χ0v) is 11.1. The maximum atomic E-state index is 13.4. The van der Waals surface area contributed by atoms with Gasteiger partial charge in [-0.15, -0.1) is 0 Å². The lowest BCUT2D eigenvalue weighted by Crippen LogP contribution is -2.41. The topological polar surface area (TPSA) is 55.8 Å². The molecule has 0 saturated carbocycles. The number of alkyl halides is 1. The van der Waals surface area contributed by atoms with Gasteiger partial charge >= 0.3 is 12.1 Å². The van der Waals surface area contributed by atoms with Gasteiger partial charge in [-0.1, -0.05) is 30.3 Å². The van der Waals surface area contributed by atoms with Crippen LogP contribution in [-0.2, 0) is 20.9 Å². The van der Waals surface area contributed by atoms with E-state index in [1.165, 1.54) is 7.11 Å². The van der Waals surface area contributed by atoms with Gasteiger partial charge in [0.1, 0.15) is 18.8 Å². The van der Waals surface area contributed by atoms with Crippen LogP contribution >= 0.6 is 0 Å². The van der Waals surface area contributed by atoms with Crippen molar-refractivity contribution < 1.29 is 23.5 Å². The standard InChI is InChI=1S/C14H16FNO4/c1-19-13(17)12-7-11(15)8-16(12)14(18)20-9-10-5-3-2-4-6-10/h2-6,11-12H,7-9H2,1H3/t11-,12+/m1/s1. The molecule has 1 fully saturated rings. The second kappa shape index (κ2) is 6.36. The Morgan fingerprint density at radius 3 is 2.70 bits per heavy atom. The van der Waals surface area contributed by atoms with Crippen molar-refractivity contribution in [3.05, 3.63) is 35.9 Å². The Labute approximate surface area is 116 Å². The minimum Gasteiger partial charge on any atom is -0.467 e. The van der Waals surface area contributed by atoms with Crippen molar-refractivity contribution in [1.82, 2.24) is 4.90 Å². The number of amides is 1. The molecule has 1 amide bonds. The van der Waals surface area contributed by atoms with E-state index >= 15 is 0 Å². The number of methoxy groups -OCH3 is 1. The number of halogens is 1. The first kappa shape index (κ1) is 14.3. The van der Waals surface area contributed by atoms with Crippen LogP contribution in [0, 0.1) is 0 Å². The smallest absolute Gasteiger partial charge is 0.410 e. The Morgan fingerprint density at radius 2 is 2.05 bits per heavy atom. The van der Waals surface area contributed by atoms with Crippen LogP contribution in [0.2, 0.25) is 0 Å². The van der Waals surface area contributed by atoms with E-state index in [-0.39, 0.29) is 19.6 Å². The third-order valence-electron chi connectivity index (χ3n) is 3.16. The molecular weight excluding hydrogens is 265 g/mol. The average molecular weight is 281 g/mol.